The molecular weight excluding hydrogens is 270 g/mol. The van der Waals surface area contributed by atoms with Crippen molar-refractivity contribution in [3.05, 3.63) is 18.0 Å². The normalized spacial score (nSPS) is 11.5. The minimum Gasteiger partial charge on any atom is -0.385 e. The van der Waals surface area contributed by atoms with Crippen molar-refractivity contribution in [2.24, 2.45) is 7.05 Å². The second-order valence-corrected chi connectivity index (χ2v) is 5.87. The van der Waals surface area contributed by atoms with Gasteiger partial charge in [-0.05, 0) is 19.5 Å². The fraction of sp³-hybridized carbons (Fsp3) is 0.545. The van der Waals surface area contributed by atoms with Crippen LogP contribution >= 0.6 is 0 Å². The molecule has 108 valence electrons. The molecule has 0 saturated heterocycles. The molecule has 0 saturated carbocycles. The lowest BCUT2D eigenvalue weighted by Crippen LogP contribution is -2.26. The lowest BCUT2D eigenvalue weighted by molar-refractivity contribution is 0.0940. The van der Waals surface area contributed by atoms with Gasteiger partial charge in [0.2, 0.25) is 10.0 Å². The number of hydrogen-bond acceptors (Lipinski definition) is 4. The van der Waals surface area contributed by atoms with Crippen molar-refractivity contribution in [1.82, 2.24) is 14.6 Å². The molecular formula is C11H19N3O4S. The Morgan fingerprint density at radius 3 is 2.74 bits per heavy atom. The van der Waals surface area contributed by atoms with Crippen LogP contribution in [-0.4, -0.2) is 46.2 Å². The maximum atomic E-state index is 11.9. The molecule has 0 aromatic carbocycles. The Morgan fingerprint density at radius 2 is 2.16 bits per heavy atom. The number of aryl methyl sites for hydroxylation is 1. The molecule has 0 bridgehead atoms. The van der Waals surface area contributed by atoms with Gasteiger partial charge in [0.05, 0.1) is 0 Å². The molecule has 0 aliphatic carbocycles. The van der Waals surface area contributed by atoms with Crippen molar-refractivity contribution in [2.45, 2.75) is 11.3 Å². The molecule has 7 nitrogen and oxygen atoms in total. The number of methoxy groups -OCH3 is 1. The van der Waals surface area contributed by atoms with Gasteiger partial charge in [0.1, 0.15) is 10.6 Å². The second kappa shape index (κ2) is 6.69. The van der Waals surface area contributed by atoms with E-state index in [9.17, 15) is 13.2 Å². The first-order chi connectivity index (χ1) is 8.92. The summed E-state index contributed by atoms with van der Waals surface area (Å²) in [5.41, 5.74) is 0.297. The van der Waals surface area contributed by atoms with Gasteiger partial charge >= 0.3 is 0 Å². The smallest absolute Gasteiger partial charge is 0.267 e. The Labute approximate surface area is 113 Å². The number of hydrogen-bond donors (Lipinski definition) is 2. The summed E-state index contributed by atoms with van der Waals surface area (Å²) in [6.45, 7) is 1.04. The summed E-state index contributed by atoms with van der Waals surface area (Å²) in [5.74, 6) is -0.309. The summed E-state index contributed by atoms with van der Waals surface area (Å²) in [6.07, 6.45) is 2.10. The largest absolute Gasteiger partial charge is 0.385 e. The van der Waals surface area contributed by atoms with E-state index in [1.807, 2.05) is 0 Å². The van der Waals surface area contributed by atoms with Gasteiger partial charge in [-0.25, -0.2) is 13.1 Å². The maximum Gasteiger partial charge on any atom is 0.267 e. The van der Waals surface area contributed by atoms with Gasteiger partial charge in [-0.2, -0.15) is 0 Å². The zero-order chi connectivity index (χ0) is 14.5. The highest BCUT2D eigenvalue weighted by molar-refractivity contribution is 7.89. The van der Waals surface area contributed by atoms with Gasteiger partial charge in [0, 0.05) is 33.5 Å². The molecule has 0 radical (unpaired) electrons. The second-order valence-electron chi connectivity index (χ2n) is 3.98. The van der Waals surface area contributed by atoms with Gasteiger partial charge in [0.15, 0.2) is 0 Å². The number of nitrogens with zero attached hydrogens (tertiary/aromatic N) is 1. The molecule has 1 aromatic rings. The van der Waals surface area contributed by atoms with Crippen molar-refractivity contribution in [3.8, 4) is 0 Å². The van der Waals surface area contributed by atoms with Crippen molar-refractivity contribution in [2.75, 3.05) is 27.3 Å². The van der Waals surface area contributed by atoms with Gasteiger partial charge in [-0.3, -0.25) is 4.79 Å². The molecule has 0 aliphatic rings. The molecule has 0 fully saturated rings. The third-order valence-electron chi connectivity index (χ3n) is 2.60. The zero-order valence-electron chi connectivity index (χ0n) is 11.3. The van der Waals surface area contributed by atoms with Crippen LogP contribution in [0.25, 0.3) is 0 Å². The molecule has 19 heavy (non-hydrogen) atoms. The van der Waals surface area contributed by atoms with Crippen LogP contribution in [0.2, 0.25) is 0 Å². The van der Waals surface area contributed by atoms with Crippen LogP contribution < -0.4 is 10.0 Å². The van der Waals surface area contributed by atoms with Crippen molar-refractivity contribution >= 4 is 15.9 Å². The standard InChI is InChI=1S/C11H19N3O4S/c1-12-19(16,17)9-7-10(14(2)8-9)11(15)13-5-4-6-18-3/h7-8,12H,4-6H2,1-3H3,(H,13,15). The Kier molecular flexibility index (Phi) is 5.52. The first kappa shape index (κ1) is 15.7. The molecule has 1 aromatic heterocycles. The van der Waals surface area contributed by atoms with E-state index in [4.69, 9.17) is 4.74 Å². The van der Waals surface area contributed by atoms with Crippen LogP contribution in [0.5, 0.6) is 0 Å². The zero-order valence-corrected chi connectivity index (χ0v) is 12.1. The highest BCUT2D eigenvalue weighted by Gasteiger charge is 2.18. The first-order valence-corrected chi connectivity index (χ1v) is 7.27. The number of amides is 1. The number of rotatable bonds is 7. The predicted molar refractivity (Wildman–Crippen MR) is 70.5 cm³/mol. The van der Waals surface area contributed by atoms with E-state index in [0.29, 0.717) is 25.3 Å². The van der Waals surface area contributed by atoms with E-state index >= 15 is 0 Å². The SMILES string of the molecule is CNS(=O)(=O)c1cc(C(=O)NCCCOC)n(C)c1. The molecule has 0 unspecified atom stereocenters. The summed E-state index contributed by atoms with van der Waals surface area (Å²) >= 11 is 0. The van der Waals surface area contributed by atoms with Crippen LogP contribution in [0.1, 0.15) is 16.9 Å². The van der Waals surface area contributed by atoms with Gasteiger partial charge < -0.3 is 14.6 Å². The van der Waals surface area contributed by atoms with Crippen LogP contribution in [0, 0.1) is 0 Å². The molecule has 0 atom stereocenters. The summed E-state index contributed by atoms with van der Waals surface area (Å²) in [7, 11) is 1.01. The minimum atomic E-state index is -3.53. The summed E-state index contributed by atoms with van der Waals surface area (Å²) < 4.78 is 31.8. The number of ether oxygens (including phenoxy) is 1. The van der Waals surface area contributed by atoms with E-state index in [1.165, 1.54) is 23.9 Å². The summed E-state index contributed by atoms with van der Waals surface area (Å²) in [4.78, 5) is 11.9. The molecule has 2 N–H and O–H groups in total. The van der Waals surface area contributed by atoms with Crippen LogP contribution in [0.3, 0.4) is 0 Å². The highest BCUT2D eigenvalue weighted by atomic mass is 32.2. The minimum absolute atomic E-state index is 0.0690. The lowest BCUT2D eigenvalue weighted by atomic mass is 10.3. The van der Waals surface area contributed by atoms with E-state index in [-0.39, 0.29) is 10.8 Å². The Balaban J connectivity index is 2.76. The van der Waals surface area contributed by atoms with Crippen LogP contribution in [0.15, 0.2) is 17.2 Å². The molecule has 8 heteroatoms. The lowest BCUT2D eigenvalue weighted by Gasteiger charge is -2.05. The Hall–Kier alpha value is -1.38. The summed E-state index contributed by atoms with van der Waals surface area (Å²) in [6, 6.07) is 1.34. The fourth-order valence-electron chi connectivity index (χ4n) is 1.53. The van der Waals surface area contributed by atoms with Crippen LogP contribution in [-0.2, 0) is 21.8 Å². The van der Waals surface area contributed by atoms with Crippen molar-refractivity contribution in [1.29, 1.82) is 0 Å². The Morgan fingerprint density at radius 1 is 1.47 bits per heavy atom. The number of carbonyl (C=O) groups excluding carboxylic acids is 1. The van der Waals surface area contributed by atoms with E-state index in [1.54, 1.807) is 14.2 Å². The van der Waals surface area contributed by atoms with Crippen molar-refractivity contribution < 1.29 is 17.9 Å². The fourth-order valence-corrected chi connectivity index (χ4v) is 2.33. The first-order valence-electron chi connectivity index (χ1n) is 5.79. The number of aromatic nitrogens is 1. The number of nitrogens with one attached hydrogen (secondary N) is 2. The van der Waals surface area contributed by atoms with E-state index in [0.717, 1.165) is 0 Å². The Bertz CT molecular complexity index is 536. The third kappa shape index (κ3) is 4.05. The predicted octanol–water partition coefficient (Wildman–Crippen LogP) is -0.300. The molecule has 0 aliphatic heterocycles. The molecule has 1 rings (SSSR count). The monoisotopic (exact) mass is 289 g/mol. The number of carbonyl (C=O) groups is 1. The third-order valence-corrected chi connectivity index (χ3v) is 3.98. The van der Waals surface area contributed by atoms with Crippen molar-refractivity contribution in [3.63, 3.8) is 0 Å². The molecule has 1 heterocycles. The average molecular weight is 289 g/mol. The van der Waals surface area contributed by atoms with E-state index < -0.39 is 10.0 Å². The van der Waals surface area contributed by atoms with Crippen LogP contribution in [0.4, 0.5) is 0 Å². The van der Waals surface area contributed by atoms with Gasteiger partial charge in [0.25, 0.3) is 5.91 Å². The topological polar surface area (TPSA) is 89.4 Å². The maximum absolute atomic E-state index is 11.9. The van der Waals surface area contributed by atoms with Gasteiger partial charge in [-0.1, -0.05) is 0 Å². The molecule has 1 amide bonds. The molecule has 0 spiro atoms. The highest BCUT2D eigenvalue weighted by Crippen LogP contribution is 2.12. The van der Waals surface area contributed by atoms with E-state index in [2.05, 4.69) is 10.0 Å². The average Bonchev–Trinajstić information content (AvgIpc) is 2.77. The number of sulfonamides is 1. The van der Waals surface area contributed by atoms with Gasteiger partial charge in [-0.15, -0.1) is 0 Å². The summed E-state index contributed by atoms with van der Waals surface area (Å²) in [5, 5.41) is 2.70. The quantitative estimate of drug-likeness (QED) is 0.674.